The lowest BCUT2D eigenvalue weighted by Gasteiger charge is -2.09. The Balaban J connectivity index is 1.85. The van der Waals surface area contributed by atoms with Gasteiger partial charge in [-0.05, 0) is 79.9 Å². The fraction of sp³-hybridized carbons (Fsp3) is 0. The third-order valence-corrected chi connectivity index (χ3v) is 6.81. The number of sulfonamides is 1. The molecule has 3 rings (SSSR count). The number of nitrogens with one attached hydrogen (secondary N) is 2. The average Bonchev–Trinajstić information content (AvgIpc) is 2.71. The van der Waals surface area contributed by atoms with Crippen LogP contribution in [-0.4, -0.2) is 24.7 Å². The molecule has 0 saturated heterocycles. The van der Waals surface area contributed by atoms with Crippen LogP contribution in [0.4, 0.5) is 17.1 Å². The first-order chi connectivity index (χ1) is 15.1. The van der Waals surface area contributed by atoms with Gasteiger partial charge in [-0.2, -0.15) is 5.10 Å². The van der Waals surface area contributed by atoms with Crippen LogP contribution in [0, 0.1) is 10.1 Å². The molecule has 9 nitrogen and oxygen atoms in total. The molecule has 0 fully saturated rings. The first-order valence-corrected chi connectivity index (χ1v) is 12.1. The lowest BCUT2D eigenvalue weighted by molar-refractivity contribution is -0.384. The Morgan fingerprint density at radius 1 is 1.09 bits per heavy atom. The van der Waals surface area contributed by atoms with E-state index in [0.717, 1.165) is 6.07 Å². The summed E-state index contributed by atoms with van der Waals surface area (Å²) in [5.74, 6) is 0.0222. The number of rotatable bonds is 7. The molecule has 0 aliphatic heterocycles. The molecule has 0 atom stereocenters. The second-order valence-corrected chi connectivity index (χ2v) is 10.1. The van der Waals surface area contributed by atoms with Crippen molar-refractivity contribution in [3.63, 3.8) is 0 Å². The molecule has 3 aromatic rings. The summed E-state index contributed by atoms with van der Waals surface area (Å²) in [4.78, 5) is 10.5. The van der Waals surface area contributed by atoms with Gasteiger partial charge in [-0.15, -0.1) is 0 Å². The molecule has 0 spiro atoms. The van der Waals surface area contributed by atoms with Gasteiger partial charge in [-0.3, -0.25) is 20.3 Å². The maximum absolute atomic E-state index is 12.6. The van der Waals surface area contributed by atoms with Crippen molar-refractivity contribution in [2.75, 3.05) is 10.1 Å². The number of nitro benzene ring substituents is 1. The number of hydrogen-bond donors (Lipinski definition) is 3. The number of phenols is 1. The van der Waals surface area contributed by atoms with E-state index in [1.807, 2.05) is 0 Å². The topological polar surface area (TPSA) is 134 Å². The Morgan fingerprint density at radius 2 is 1.78 bits per heavy atom. The summed E-state index contributed by atoms with van der Waals surface area (Å²) in [6.07, 6.45) is 1.38. The van der Waals surface area contributed by atoms with Crippen LogP contribution in [0.2, 0.25) is 5.02 Å². The predicted molar refractivity (Wildman–Crippen MR) is 130 cm³/mol. The molecule has 166 valence electrons. The van der Waals surface area contributed by atoms with Crippen LogP contribution in [0.3, 0.4) is 0 Å². The highest BCUT2D eigenvalue weighted by atomic mass is 79.9. The Bertz CT molecular complexity index is 1310. The molecule has 3 N–H and O–H groups in total. The van der Waals surface area contributed by atoms with Crippen molar-refractivity contribution in [1.29, 1.82) is 0 Å². The molecule has 0 aromatic heterocycles. The number of hydrazone groups is 1. The molecule has 0 amide bonds. The zero-order valence-corrected chi connectivity index (χ0v) is 20.5. The molecular formula is C19H13Br2ClN4O5S. The summed E-state index contributed by atoms with van der Waals surface area (Å²) in [5.41, 5.74) is 2.85. The summed E-state index contributed by atoms with van der Waals surface area (Å²) < 4.78 is 28.5. The monoisotopic (exact) mass is 602 g/mol. The van der Waals surface area contributed by atoms with Gasteiger partial charge in [0.1, 0.15) is 11.4 Å². The molecule has 32 heavy (non-hydrogen) atoms. The van der Waals surface area contributed by atoms with Crippen LogP contribution in [-0.2, 0) is 10.0 Å². The summed E-state index contributed by atoms with van der Waals surface area (Å²) in [5, 5.41) is 25.5. The molecule has 0 aliphatic carbocycles. The summed E-state index contributed by atoms with van der Waals surface area (Å²) in [6.45, 7) is 0. The summed E-state index contributed by atoms with van der Waals surface area (Å²) in [6, 6.07) is 12.6. The molecule has 0 bridgehead atoms. The Kier molecular flexibility index (Phi) is 7.39. The van der Waals surface area contributed by atoms with Crippen molar-refractivity contribution >= 4 is 76.8 Å². The number of phenolic OH excluding ortho intramolecular Hbond substituents is 1. The average molecular weight is 605 g/mol. The highest BCUT2D eigenvalue weighted by Gasteiger charge is 2.21. The normalized spacial score (nSPS) is 11.5. The quantitative estimate of drug-likeness (QED) is 0.179. The van der Waals surface area contributed by atoms with E-state index in [0.29, 0.717) is 19.5 Å². The smallest absolute Gasteiger partial charge is 0.295 e. The van der Waals surface area contributed by atoms with Gasteiger partial charge in [-0.25, -0.2) is 8.42 Å². The Hall–Kier alpha value is -2.67. The largest absolute Gasteiger partial charge is 0.506 e. The van der Waals surface area contributed by atoms with Crippen LogP contribution in [0.15, 0.2) is 73.5 Å². The van der Waals surface area contributed by atoms with Crippen LogP contribution in [0.1, 0.15) is 5.56 Å². The molecule has 0 aliphatic rings. The number of aromatic hydroxyl groups is 1. The predicted octanol–water partition coefficient (Wildman–Crippen LogP) is 5.73. The highest BCUT2D eigenvalue weighted by Crippen LogP contribution is 2.33. The maximum Gasteiger partial charge on any atom is 0.295 e. The fourth-order valence-electron chi connectivity index (χ4n) is 2.53. The zero-order chi connectivity index (χ0) is 23.5. The first-order valence-electron chi connectivity index (χ1n) is 8.61. The summed E-state index contributed by atoms with van der Waals surface area (Å²) >= 11 is 12.3. The highest BCUT2D eigenvalue weighted by molar-refractivity contribution is 9.11. The zero-order valence-electron chi connectivity index (χ0n) is 15.8. The van der Waals surface area contributed by atoms with Crippen molar-refractivity contribution in [3.05, 3.63) is 84.2 Å². The van der Waals surface area contributed by atoms with Crippen molar-refractivity contribution in [2.45, 2.75) is 4.90 Å². The van der Waals surface area contributed by atoms with E-state index in [-0.39, 0.29) is 22.0 Å². The van der Waals surface area contributed by atoms with Gasteiger partial charge in [0, 0.05) is 11.1 Å². The minimum absolute atomic E-state index is 0.00938. The fourth-order valence-corrected chi connectivity index (χ4v) is 5.01. The van der Waals surface area contributed by atoms with Crippen molar-refractivity contribution in [3.8, 4) is 5.75 Å². The standard InChI is InChI=1S/C19H13Br2ClN4O5S/c20-15-6-11(7-16(21)19(15)27)10-23-24-17-5-4-14(9-18(17)26(28)29)32(30,31)25-13-3-1-2-12(22)8-13/h1-10,24-25,27H/b23-10-. The van der Waals surface area contributed by atoms with Gasteiger partial charge >= 0.3 is 0 Å². The van der Waals surface area contributed by atoms with E-state index >= 15 is 0 Å². The molecule has 3 aromatic carbocycles. The van der Waals surface area contributed by atoms with Crippen LogP contribution in [0.5, 0.6) is 5.75 Å². The second kappa shape index (κ2) is 9.86. The second-order valence-electron chi connectivity index (χ2n) is 6.26. The van der Waals surface area contributed by atoms with E-state index in [1.54, 1.807) is 24.3 Å². The van der Waals surface area contributed by atoms with Gasteiger partial charge in [0.15, 0.2) is 0 Å². The summed E-state index contributed by atoms with van der Waals surface area (Å²) in [7, 11) is -4.09. The third-order valence-electron chi connectivity index (χ3n) is 3.99. The van der Waals surface area contributed by atoms with Crippen molar-refractivity contribution in [2.24, 2.45) is 5.10 Å². The number of benzene rings is 3. The Morgan fingerprint density at radius 3 is 2.41 bits per heavy atom. The number of anilines is 2. The van der Waals surface area contributed by atoms with Gasteiger partial charge in [-0.1, -0.05) is 17.7 Å². The Labute approximate surface area is 204 Å². The number of nitro groups is 1. The molecule has 0 heterocycles. The number of hydrogen-bond acceptors (Lipinski definition) is 7. The van der Waals surface area contributed by atoms with Crippen LogP contribution >= 0.6 is 43.5 Å². The van der Waals surface area contributed by atoms with E-state index in [4.69, 9.17) is 11.6 Å². The van der Waals surface area contributed by atoms with Gasteiger partial charge in [0.2, 0.25) is 0 Å². The molecule has 13 heteroatoms. The molecule has 0 unspecified atom stereocenters. The lowest BCUT2D eigenvalue weighted by atomic mass is 10.2. The minimum atomic E-state index is -4.09. The van der Waals surface area contributed by atoms with E-state index in [1.165, 1.54) is 30.5 Å². The minimum Gasteiger partial charge on any atom is -0.506 e. The first kappa shape index (κ1) is 24.0. The van der Waals surface area contributed by atoms with Gasteiger partial charge in [0.25, 0.3) is 15.7 Å². The van der Waals surface area contributed by atoms with Gasteiger partial charge < -0.3 is 5.11 Å². The van der Waals surface area contributed by atoms with Crippen LogP contribution < -0.4 is 10.1 Å². The van der Waals surface area contributed by atoms with Crippen LogP contribution in [0.25, 0.3) is 0 Å². The molecular weight excluding hydrogens is 592 g/mol. The lowest BCUT2D eigenvalue weighted by Crippen LogP contribution is -2.13. The van der Waals surface area contributed by atoms with Crippen molar-refractivity contribution in [1.82, 2.24) is 0 Å². The maximum atomic E-state index is 12.6. The third kappa shape index (κ3) is 5.76. The number of halogens is 3. The van der Waals surface area contributed by atoms with E-state index < -0.39 is 20.6 Å². The number of nitrogens with zero attached hydrogens (tertiary/aromatic N) is 2. The van der Waals surface area contributed by atoms with Crippen molar-refractivity contribution < 1.29 is 18.4 Å². The van der Waals surface area contributed by atoms with Gasteiger partial charge in [0.05, 0.1) is 30.7 Å². The van der Waals surface area contributed by atoms with E-state index in [9.17, 15) is 23.6 Å². The molecule has 0 saturated carbocycles. The SMILES string of the molecule is O=[N+]([O-])c1cc(S(=O)(=O)Nc2cccc(Cl)c2)ccc1N/N=C\c1cc(Br)c(O)c(Br)c1. The molecule has 0 radical (unpaired) electrons. The van der Waals surface area contributed by atoms with E-state index in [2.05, 4.69) is 47.1 Å².